The molecule has 222 valence electrons. The van der Waals surface area contributed by atoms with E-state index in [2.05, 4.69) is 10.6 Å². The Morgan fingerprint density at radius 2 is 1.74 bits per heavy atom. The summed E-state index contributed by atoms with van der Waals surface area (Å²) in [5, 5.41) is 17.5. The molecule has 1 heterocycles. The number of rotatable bonds is 10. The van der Waals surface area contributed by atoms with Crippen LogP contribution in [-0.4, -0.2) is 56.7 Å². The molecule has 3 unspecified atom stereocenters. The lowest BCUT2D eigenvalue weighted by molar-refractivity contribution is -0.147. The number of hydrogen-bond donors (Lipinski definition) is 3. The molecule has 8 nitrogen and oxygen atoms in total. The van der Waals surface area contributed by atoms with Crippen LogP contribution in [0.3, 0.4) is 0 Å². The molecule has 0 aliphatic carbocycles. The molecule has 10 heteroatoms. The molecule has 3 atom stereocenters. The van der Waals surface area contributed by atoms with Crippen molar-refractivity contribution in [2.45, 2.75) is 63.3 Å². The molecular formula is C32H36ClN3O5S. The standard InChI is InChI=1S/C32H36ClN3O5S/c1-21-10-7-8-14-24(21)18-34-29(38)28-32(2,3)42-20-36(28)30(39)27(37)26(17-22-11-5-4-6-12-22)35-31(40)41-19-23-13-9-15-25(33)16-23/h4-16,26-28,37H,17-20H2,1-3H3,(H,34,38)(H,35,40). The highest BCUT2D eigenvalue weighted by Gasteiger charge is 2.49. The Balaban J connectivity index is 1.48. The Morgan fingerprint density at radius 1 is 1.05 bits per heavy atom. The van der Waals surface area contributed by atoms with Gasteiger partial charge in [0.1, 0.15) is 12.6 Å². The number of hydrogen-bond acceptors (Lipinski definition) is 6. The van der Waals surface area contributed by atoms with Gasteiger partial charge in [-0.05, 0) is 61.6 Å². The number of thioether (sulfide) groups is 1. The molecule has 3 amide bonds. The summed E-state index contributed by atoms with van der Waals surface area (Å²) in [6.45, 7) is 6.08. The Bertz CT molecular complexity index is 1400. The smallest absolute Gasteiger partial charge is 0.407 e. The Hall–Kier alpha value is -3.53. The Kier molecular flexibility index (Phi) is 10.5. The molecule has 3 aromatic rings. The fraction of sp³-hybridized carbons (Fsp3) is 0.344. The van der Waals surface area contributed by atoms with Gasteiger partial charge in [0.05, 0.1) is 11.9 Å². The lowest BCUT2D eigenvalue weighted by Gasteiger charge is -2.33. The molecule has 1 aliphatic heterocycles. The molecule has 3 aromatic carbocycles. The van der Waals surface area contributed by atoms with Gasteiger partial charge >= 0.3 is 6.09 Å². The van der Waals surface area contributed by atoms with Crippen molar-refractivity contribution in [3.05, 3.63) is 106 Å². The second kappa shape index (κ2) is 14.1. The molecule has 1 fully saturated rings. The third kappa shape index (κ3) is 8.06. The molecule has 42 heavy (non-hydrogen) atoms. The average Bonchev–Trinajstić information content (AvgIpc) is 3.29. The number of nitrogens with one attached hydrogen (secondary N) is 2. The first-order valence-corrected chi connectivity index (χ1v) is 15.1. The van der Waals surface area contributed by atoms with Gasteiger partial charge < -0.3 is 25.4 Å². The van der Waals surface area contributed by atoms with E-state index < -0.39 is 34.9 Å². The minimum Gasteiger partial charge on any atom is -0.445 e. The maximum Gasteiger partial charge on any atom is 0.407 e. The quantitative estimate of drug-likeness (QED) is 0.304. The van der Waals surface area contributed by atoms with E-state index in [-0.39, 0.29) is 24.8 Å². The van der Waals surface area contributed by atoms with Crippen molar-refractivity contribution in [1.29, 1.82) is 0 Å². The summed E-state index contributed by atoms with van der Waals surface area (Å²) in [5.74, 6) is -0.717. The Labute approximate surface area is 255 Å². The molecule has 0 radical (unpaired) electrons. The van der Waals surface area contributed by atoms with Gasteiger partial charge in [0.15, 0.2) is 6.10 Å². The second-order valence-corrected chi connectivity index (χ2v) is 12.9. The zero-order valence-electron chi connectivity index (χ0n) is 23.9. The van der Waals surface area contributed by atoms with E-state index in [0.29, 0.717) is 17.1 Å². The van der Waals surface area contributed by atoms with Crippen molar-refractivity contribution in [2.75, 3.05) is 5.88 Å². The van der Waals surface area contributed by atoms with Crippen LogP contribution in [0.5, 0.6) is 0 Å². The van der Waals surface area contributed by atoms with E-state index >= 15 is 0 Å². The number of amides is 3. The minimum absolute atomic E-state index is 0.0332. The van der Waals surface area contributed by atoms with Crippen LogP contribution < -0.4 is 10.6 Å². The molecular weight excluding hydrogens is 574 g/mol. The number of ether oxygens (including phenoxy) is 1. The van der Waals surface area contributed by atoms with Crippen LogP contribution in [0.1, 0.15) is 36.1 Å². The van der Waals surface area contributed by atoms with Crippen LogP contribution >= 0.6 is 23.4 Å². The monoisotopic (exact) mass is 609 g/mol. The normalized spacial score (nSPS) is 17.3. The highest BCUT2D eigenvalue weighted by molar-refractivity contribution is 8.00. The molecule has 0 saturated carbocycles. The van der Waals surface area contributed by atoms with Gasteiger partial charge in [-0.15, -0.1) is 11.8 Å². The van der Waals surface area contributed by atoms with Crippen molar-refractivity contribution in [2.24, 2.45) is 0 Å². The van der Waals surface area contributed by atoms with E-state index in [1.165, 1.54) is 16.7 Å². The number of carbonyl (C=O) groups is 3. The second-order valence-electron chi connectivity index (χ2n) is 10.8. The third-order valence-electron chi connectivity index (χ3n) is 7.29. The lowest BCUT2D eigenvalue weighted by Crippen LogP contribution is -2.58. The number of alkyl carbamates (subject to hydrolysis) is 1. The van der Waals surface area contributed by atoms with Crippen molar-refractivity contribution in [1.82, 2.24) is 15.5 Å². The van der Waals surface area contributed by atoms with Gasteiger partial charge in [0, 0.05) is 16.3 Å². The first kappa shape index (κ1) is 31.4. The fourth-order valence-electron chi connectivity index (χ4n) is 4.92. The van der Waals surface area contributed by atoms with Gasteiger partial charge in [-0.1, -0.05) is 78.3 Å². The van der Waals surface area contributed by atoms with E-state index in [1.807, 2.05) is 75.4 Å². The summed E-state index contributed by atoms with van der Waals surface area (Å²) in [6, 6.07) is 22.1. The van der Waals surface area contributed by atoms with Crippen LogP contribution in [0.15, 0.2) is 78.9 Å². The number of aryl methyl sites for hydroxylation is 1. The van der Waals surface area contributed by atoms with E-state index in [1.54, 1.807) is 24.3 Å². The molecule has 0 bridgehead atoms. The van der Waals surface area contributed by atoms with Crippen molar-refractivity contribution >= 4 is 41.3 Å². The SMILES string of the molecule is Cc1ccccc1CNC(=O)C1N(C(=O)C(O)C(Cc2ccccc2)NC(=O)OCc2cccc(Cl)c2)CSC1(C)C. The summed E-state index contributed by atoms with van der Waals surface area (Å²) >= 11 is 7.49. The first-order chi connectivity index (χ1) is 20.0. The zero-order chi connectivity index (χ0) is 30.3. The summed E-state index contributed by atoms with van der Waals surface area (Å²) < 4.78 is 4.78. The third-order valence-corrected chi connectivity index (χ3v) is 8.90. The van der Waals surface area contributed by atoms with Crippen molar-refractivity contribution in [3.63, 3.8) is 0 Å². The van der Waals surface area contributed by atoms with Crippen LogP contribution in [0.2, 0.25) is 5.02 Å². The van der Waals surface area contributed by atoms with Crippen LogP contribution in [0.4, 0.5) is 4.79 Å². The lowest BCUT2D eigenvalue weighted by atomic mass is 9.97. The van der Waals surface area contributed by atoms with E-state index in [0.717, 1.165) is 16.7 Å². The minimum atomic E-state index is -1.62. The molecule has 3 N–H and O–H groups in total. The first-order valence-electron chi connectivity index (χ1n) is 13.7. The number of nitrogens with zero attached hydrogens (tertiary/aromatic N) is 1. The highest BCUT2D eigenvalue weighted by atomic mass is 35.5. The van der Waals surface area contributed by atoms with Crippen LogP contribution in [-0.2, 0) is 33.9 Å². The molecule has 1 aliphatic rings. The average molecular weight is 610 g/mol. The van der Waals surface area contributed by atoms with Crippen molar-refractivity contribution in [3.8, 4) is 0 Å². The Morgan fingerprint density at radius 3 is 2.45 bits per heavy atom. The van der Waals surface area contributed by atoms with Gasteiger partial charge in [-0.25, -0.2) is 4.79 Å². The molecule has 0 aromatic heterocycles. The number of benzene rings is 3. The maximum atomic E-state index is 13.8. The molecule has 1 saturated heterocycles. The largest absolute Gasteiger partial charge is 0.445 e. The molecule has 0 spiro atoms. The van der Waals surface area contributed by atoms with E-state index in [9.17, 15) is 19.5 Å². The van der Waals surface area contributed by atoms with Crippen molar-refractivity contribution < 1.29 is 24.2 Å². The topological polar surface area (TPSA) is 108 Å². The van der Waals surface area contributed by atoms with Gasteiger partial charge in [0.2, 0.25) is 5.91 Å². The zero-order valence-corrected chi connectivity index (χ0v) is 25.5. The van der Waals surface area contributed by atoms with Gasteiger partial charge in [-0.2, -0.15) is 0 Å². The number of aliphatic hydroxyl groups is 1. The number of halogens is 1. The highest BCUT2D eigenvalue weighted by Crippen LogP contribution is 2.40. The van der Waals surface area contributed by atoms with Gasteiger partial charge in [0.25, 0.3) is 5.91 Å². The van der Waals surface area contributed by atoms with Gasteiger partial charge in [-0.3, -0.25) is 9.59 Å². The summed E-state index contributed by atoms with van der Waals surface area (Å²) in [4.78, 5) is 41.5. The summed E-state index contributed by atoms with van der Waals surface area (Å²) in [6.07, 6.45) is -2.23. The number of carbonyl (C=O) groups excluding carboxylic acids is 3. The maximum absolute atomic E-state index is 13.8. The predicted octanol–water partition coefficient (Wildman–Crippen LogP) is 4.84. The van der Waals surface area contributed by atoms with E-state index in [4.69, 9.17) is 16.3 Å². The number of aliphatic hydroxyl groups excluding tert-OH is 1. The molecule has 4 rings (SSSR count). The fourth-order valence-corrected chi connectivity index (χ4v) is 6.27. The predicted molar refractivity (Wildman–Crippen MR) is 165 cm³/mol. The van der Waals surface area contributed by atoms with Crippen LogP contribution in [0.25, 0.3) is 0 Å². The summed E-state index contributed by atoms with van der Waals surface area (Å²) in [7, 11) is 0. The van der Waals surface area contributed by atoms with Crippen LogP contribution in [0, 0.1) is 6.92 Å². The summed E-state index contributed by atoms with van der Waals surface area (Å²) in [5.41, 5.74) is 3.55.